The van der Waals surface area contributed by atoms with Crippen molar-refractivity contribution in [2.75, 3.05) is 42.9 Å². The summed E-state index contributed by atoms with van der Waals surface area (Å²) in [6, 6.07) is 4.28. The van der Waals surface area contributed by atoms with E-state index < -0.39 is 23.4 Å². The van der Waals surface area contributed by atoms with E-state index in [4.69, 9.17) is 0 Å². The normalized spacial score (nSPS) is 14.2. The van der Waals surface area contributed by atoms with Crippen LogP contribution in [0.3, 0.4) is 0 Å². The minimum absolute atomic E-state index is 0.0470. The smallest absolute Gasteiger partial charge is 0.353 e. The van der Waals surface area contributed by atoms with Gasteiger partial charge in [-0.05, 0) is 31.2 Å². The third-order valence-electron chi connectivity index (χ3n) is 5.20. The van der Waals surface area contributed by atoms with E-state index in [-0.39, 0.29) is 29.3 Å². The van der Waals surface area contributed by atoms with E-state index in [2.05, 4.69) is 25.7 Å². The number of nitrogens with one attached hydrogen (secondary N) is 2. The zero-order chi connectivity index (χ0) is 25.2. The zero-order valence-electron chi connectivity index (χ0n) is 18.5. The van der Waals surface area contributed by atoms with Crippen molar-refractivity contribution >= 4 is 23.6 Å². The number of amides is 2. The van der Waals surface area contributed by atoms with Crippen molar-refractivity contribution in [2.45, 2.75) is 13.1 Å². The second kappa shape index (κ2) is 9.72. The lowest BCUT2D eigenvalue weighted by molar-refractivity contribution is -0.137. The quantitative estimate of drug-likeness (QED) is 0.525. The van der Waals surface area contributed by atoms with E-state index in [1.165, 1.54) is 0 Å². The van der Waals surface area contributed by atoms with Gasteiger partial charge in [0.25, 0.3) is 0 Å². The van der Waals surface area contributed by atoms with Crippen LogP contribution in [0.4, 0.5) is 44.3 Å². The fourth-order valence-corrected chi connectivity index (χ4v) is 3.54. The fourth-order valence-electron chi connectivity index (χ4n) is 3.54. The Morgan fingerprint density at radius 2 is 1.71 bits per heavy atom. The van der Waals surface area contributed by atoms with Crippen LogP contribution in [-0.4, -0.2) is 63.4 Å². The minimum atomic E-state index is -4.64. The summed E-state index contributed by atoms with van der Waals surface area (Å²) < 4.78 is 68.7. The van der Waals surface area contributed by atoms with Gasteiger partial charge in [-0.3, -0.25) is 0 Å². The SMILES string of the molecule is CCNC(=O)N1CCN(c2cc(C(F)(F)F)cc(Nc3ncn(-c4cc(F)cc(F)c4)n3)n2)CC1. The maximum atomic E-state index is 13.6. The van der Waals surface area contributed by atoms with Crippen molar-refractivity contribution in [1.82, 2.24) is 30.0 Å². The summed E-state index contributed by atoms with van der Waals surface area (Å²) >= 11 is 0. The van der Waals surface area contributed by atoms with E-state index in [1.807, 2.05) is 0 Å². The van der Waals surface area contributed by atoms with Gasteiger partial charge in [-0.25, -0.2) is 23.2 Å². The molecule has 14 heteroatoms. The first kappa shape index (κ1) is 24.2. The molecular formula is C21H21F5N8O. The molecule has 0 aliphatic carbocycles. The molecule has 2 aromatic heterocycles. The Labute approximate surface area is 196 Å². The van der Waals surface area contributed by atoms with Crippen molar-refractivity contribution in [2.24, 2.45) is 0 Å². The number of nitrogens with zero attached hydrogens (tertiary/aromatic N) is 6. The van der Waals surface area contributed by atoms with Crippen molar-refractivity contribution in [3.05, 3.63) is 53.9 Å². The van der Waals surface area contributed by atoms with Gasteiger partial charge < -0.3 is 20.4 Å². The molecule has 0 spiro atoms. The van der Waals surface area contributed by atoms with Gasteiger partial charge in [0.1, 0.15) is 29.6 Å². The standard InChI is InChI=1S/C21H21F5N8O/c1-2-27-20(35)33-5-3-32(4-6-33)18-8-13(21(24,25)26)7-17(29-18)30-19-28-12-34(31-19)16-10-14(22)9-15(23)11-16/h7-12H,2-6H2,1H3,(H,27,35)(H,29,30,31). The number of hydrogen-bond donors (Lipinski definition) is 2. The maximum Gasteiger partial charge on any atom is 0.416 e. The predicted molar refractivity (Wildman–Crippen MR) is 117 cm³/mol. The van der Waals surface area contributed by atoms with E-state index >= 15 is 0 Å². The second-order valence-electron chi connectivity index (χ2n) is 7.67. The lowest BCUT2D eigenvalue weighted by Crippen LogP contribution is -2.52. The third kappa shape index (κ3) is 5.75. The Morgan fingerprint density at radius 1 is 1.03 bits per heavy atom. The van der Waals surface area contributed by atoms with Crippen molar-refractivity contribution in [3.8, 4) is 5.69 Å². The zero-order valence-corrected chi connectivity index (χ0v) is 18.5. The number of hydrogen-bond acceptors (Lipinski definition) is 6. The largest absolute Gasteiger partial charge is 0.416 e. The second-order valence-corrected chi connectivity index (χ2v) is 7.67. The molecule has 1 saturated heterocycles. The first-order valence-electron chi connectivity index (χ1n) is 10.6. The summed E-state index contributed by atoms with van der Waals surface area (Å²) in [7, 11) is 0. The molecule has 4 rings (SSSR count). The first-order chi connectivity index (χ1) is 16.6. The molecule has 0 atom stereocenters. The monoisotopic (exact) mass is 496 g/mol. The average molecular weight is 496 g/mol. The number of rotatable bonds is 5. The van der Waals surface area contributed by atoms with Crippen LogP contribution in [0.1, 0.15) is 12.5 Å². The van der Waals surface area contributed by atoms with Crippen LogP contribution in [0.5, 0.6) is 0 Å². The van der Waals surface area contributed by atoms with Crippen molar-refractivity contribution in [3.63, 3.8) is 0 Å². The number of pyridine rings is 1. The lowest BCUT2D eigenvalue weighted by atomic mass is 10.2. The van der Waals surface area contributed by atoms with Crippen molar-refractivity contribution in [1.29, 1.82) is 0 Å². The van der Waals surface area contributed by atoms with Gasteiger partial charge >= 0.3 is 12.2 Å². The molecule has 186 valence electrons. The van der Waals surface area contributed by atoms with E-state index in [0.29, 0.717) is 38.8 Å². The topological polar surface area (TPSA) is 91.2 Å². The molecule has 0 saturated carbocycles. The molecule has 1 aliphatic rings. The third-order valence-corrected chi connectivity index (χ3v) is 5.20. The van der Waals surface area contributed by atoms with Gasteiger partial charge in [0.15, 0.2) is 0 Å². The highest BCUT2D eigenvalue weighted by Crippen LogP contribution is 2.33. The van der Waals surface area contributed by atoms with E-state index in [1.54, 1.807) is 16.7 Å². The van der Waals surface area contributed by atoms with Gasteiger partial charge in [0.05, 0.1) is 11.3 Å². The van der Waals surface area contributed by atoms with Crippen molar-refractivity contribution < 1.29 is 26.7 Å². The number of piperazine rings is 1. The van der Waals surface area contributed by atoms with Gasteiger partial charge in [0.2, 0.25) is 5.95 Å². The number of anilines is 3. The fraction of sp³-hybridized carbons (Fsp3) is 0.333. The Morgan fingerprint density at radius 3 is 2.34 bits per heavy atom. The summed E-state index contributed by atoms with van der Waals surface area (Å²) in [5, 5.41) is 9.32. The van der Waals surface area contributed by atoms with Crippen LogP contribution in [0.25, 0.3) is 5.69 Å². The van der Waals surface area contributed by atoms with Crippen LogP contribution in [0, 0.1) is 11.6 Å². The molecule has 2 N–H and O–H groups in total. The van der Waals surface area contributed by atoms with E-state index in [9.17, 15) is 26.7 Å². The van der Waals surface area contributed by atoms with E-state index in [0.717, 1.165) is 35.3 Å². The van der Waals surface area contributed by atoms with Crippen LogP contribution >= 0.6 is 0 Å². The molecule has 9 nitrogen and oxygen atoms in total. The average Bonchev–Trinajstić information content (AvgIpc) is 3.26. The Bertz CT molecular complexity index is 1190. The lowest BCUT2D eigenvalue weighted by Gasteiger charge is -2.35. The molecule has 0 radical (unpaired) electrons. The summed E-state index contributed by atoms with van der Waals surface area (Å²) in [6.45, 7) is 3.50. The summed E-state index contributed by atoms with van der Waals surface area (Å²) in [5.41, 5.74) is -0.881. The minimum Gasteiger partial charge on any atom is -0.353 e. The van der Waals surface area contributed by atoms with Crippen LogP contribution in [-0.2, 0) is 6.18 Å². The number of urea groups is 1. The summed E-state index contributed by atoms with van der Waals surface area (Å²) in [5.74, 6) is -1.84. The van der Waals surface area contributed by atoms with Gasteiger partial charge in [-0.15, -0.1) is 5.10 Å². The number of halogens is 5. The number of aromatic nitrogens is 4. The molecular weight excluding hydrogens is 475 g/mol. The molecule has 1 fully saturated rings. The van der Waals surface area contributed by atoms with Crippen LogP contribution in [0.15, 0.2) is 36.7 Å². The Hall–Kier alpha value is -3.97. The maximum absolute atomic E-state index is 13.6. The summed E-state index contributed by atoms with van der Waals surface area (Å²) in [4.78, 5) is 23.4. The first-order valence-corrected chi connectivity index (χ1v) is 10.6. The molecule has 3 aromatic rings. The molecule has 2 amide bonds. The molecule has 3 heterocycles. The molecule has 1 aromatic carbocycles. The highest BCUT2D eigenvalue weighted by molar-refractivity contribution is 5.74. The molecule has 1 aliphatic heterocycles. The highest BCUT2D eigenvalue weighted by atomic mass is 19.4. The number of carbonyl (C=O) groups excluding carboxylic acids is 1. The number of alkyl halides is 3. The van der Waals surface area contributed by atoms with Gasteiger partial charge in [0, 0.05) is 38.8 Å². The summed E-state index contributed by atoms with van der Waals surface area (Å²) in [6.07, 6.45) is -3.48. The Balaban J connectivity index is 1.55. The van der Waals surface area contributed by atoms with Crippen LogP contribution < -0.4 is 15.5 Å². The number of benzene rings is 1. The number of carbonyl (C=O) groups is 1. The molecule has 35 heavy (non-hydrogen) atoms. The van der Waals surface area contributed by atoms with Gasteiger partial charge in [-0.1, -0.05) is 0 Å². The predicted octanol–water partition coefficient (Wildman–Crippen LogP) is 3.55. The Kier molecular flexibility index (Phi) is 6.71. The molecule has 0 bridgehead atoms. The van der Waals surface area contributed by atoms with Gasteiger partial charge in [-0.2, -0.15) is 18.2 Å². The highest BCUT2D eigenvalue weighted by Gasteiger charge is 2.33. The van der Waals surface area contributed by atoms with Crippen LogP contribution in [0.2, 0.25) is 0 Å². The molecule has 0 unspecified atom stereocenters.